The fraction of sp³-hybridized carbons (Fsp3) is 0.324. The van der Waals surface area contributed by atoms with E-state index >= 15 is 0 Å². The SMILES string of the molecule is CC(C)([C@@H](OCc1ccccc1)[C@H](OCc1ccccc1)[C@@H](CCP(=O)(O)O)OCc1ccccc1)N(C=O)OCc1ccccc1. The Morgan fingerprint density at radius 3 is 1.49 bits per heavy atom. The Morgan fingerprint density at radius 1 is 0.660 bits per heavy atom. The van der Waals surface area contributed by atoms with Crippen LogP contribution in [0.3, 0.4) is 0 Å². The first kappa shape index (κ1) is 36.2. The lowest BCUT2D eigenvalue weighted by Crippen LogP contribution is -2.60. The number of hydrogen-bond donors (Lipinski definition) is 2. The summed E-state index contributed by atoms with van der Waals surface area (Å²) in [6, 6.07) is 38.2. The van der Waals surface area contributed by atoms with Crippen LogP contribution in [-0.2, 0) is 54.8 Å². The molecule has 4 aromatic rings. The molecule has 0 spiro atoms. The van der Waals surface area contributed by atoms with E-state index in [1.807, 2.05) is 135 Å². The first-order valence-electron chi connectivity index (χ1n) is 15.6. The summed E-state index contributed by atoms with van der Waals surface area (Å²) in [6.45, 7) is 4.29. The summed E-state index contributed by atoms with van der Waals surface area (Å²) in [6.07, 6.45) is -2.45. The van der Waals surface area contributed by atoms with Crippen LogP contribution in [0.15, 0.2) is 121 Å². The Kier molecular flexibility index (Phi) is 13.9. The normalized spacial score (nSPS) is 13.9. The minimum absolute atomic E-state index is 0.0240. The fourth-order valence-electron chi connectivity index (χ4n) is 5.21. The van der Waals surface area contributed by atoms with E-state index in [1.165, 1.54) is 5.06 Å². The number of hydroxylamine groups is 2. The van der Waals surface area contributed by atoms with Crippen molar-refractivity contribution in [3.05, 3.63) is 144 Å². The van der Waals surface area contributed by atoms with Gasteiger partial charge in [0.1, 0.15) is 18.8 Å². The Hall–Kier alpha value is -3.66. The quantitative estimate of drug-likeness (QED) is 0.0613. The van der Waals surface area contributed by atoms with Crippen molar-refractivity contribution in [2.24, 2.45) is 0 Å². The second kappa shape index (κ2) is 18.0. The zero-order chi connectivity index (χ0) is 33.5. The first-order chi connectivity index (χ1) is 22.7. The minimum atomic E-state index is -4.40. The van der Waals surface area contributed by atoms with Crippen LogP contribution in [0.25, 0.3) is 0 Å². The van der Waals surface area contributed by atoms with Crippen molar-refractivity contribution >= 4 is 14.0 Å². The van der Waals surface area contributed by atoms with Crippen LogP contribution in [0.2, 0.25) is 0 Å². The first-order valence-corrected chi connectivity index (χ1v) is 17.4. The summed E-state index contributed by atoms with van der Waals surface area (Å²) < 4.78 is 31.9. The molecule has 1 amide bonds. The van der Waals surface area contributed by atoms with Crippen LogP contribution in [0.5, 0.6) is 0 Å². The molecule has 3 atom stereocenters. The number of nitrogens with zero attached hydrogens (tertiary/aromatic N) is 1. The van der Waals surface area contributed by atoms with Crippen molar-refractivity contribution in [1.29, 1.82) is 0 Å². The molecule has 0 saturated carbocycles. The maximum Gasteiger partial charge on any atom is 0.325 e. The lowest BCUT2D eigenvalue weighted by Gasteiger charge is -2.45. The van der Waals surface area contributed by atoms with Gasteiger partial charge in [-0.15, -0.1) is 0 Å². The maximum atomic E-state index is 12.7. The molecule has 0 bridgehead atoms. The number of carbonyl (C=O) groups excluding carboxylic acids is 1. The molecular weight excluding hydrogens is 617 g/mol. The predicted molar refractivity (Wildman–Crippen MR) is 180 cm³/mol. The number of hydrogen-bond acceptors (Lipinski definition) is 6. The van der Waals surface area contributed by atoms with Crippen LogP contribution in [0.1, 0.15) is 42.5 Å². The van der Waals surface area contributed by atoms with Crippen LogP contribution in [0.4, 0.5) is 0 Å². The lowest BCUT2D eigenvalue weighted by atomic mass is 9.88. The summed E-state index contributed by atoms with van der Waals surface area (Å²) >= 11 is 0. The van der Waals surface area contributed by atoms with Gasteiger partial charge in [-0.05, 0) is 42.5 Å². The van der Waals surface area contributed by atoms with Gasteiger partial charge in [-0.2, -0.15) is 0 Å². The van der Waals surface area contributed by atoms with Gasteiger partial charge in [0, 0.05) is 0 Å². The Bertz CT molecular complexity index is 1500. The third kappa shape index (κ3) is 11.8. The standard InChI is InChI=1S/C37H44NO8P/c1-37(2,38(29-39)46-28-33-21-13-6-14-22-33)36(45-27-32-19-11-5-12-20-32)35(44-26-31-17-9-4-10-18-31)34(23-24-47(40,41)42)43-25-30-15-7-3-8-16-30/h3-22,29,34-36H,23-28H2,1-2H3,(H2,40,41,42)/t34-,35-,36+/m1/s1. The average molecular weight is 662 g/mol. The van der Waals surface area contributed by atoms with Gasteiger partial charge in [-0.3, -0.25) is 14.2 Å². The van der Waals surface area contributed by atoms with Gasteiger partial charge in [0.05, 0.1) is 37.6 Å². The summed E-state index contributed by atoms with van der Waals surface area (Å²) in [5.41, 5.74) is 2.40. The molecular formula is C37H44NO8P. The van der Waals surface area contributed by atoms with Crippen molar-refractivity contribution in [3.8, 4) is 0 Å². The Balaban J connectivity index is 1.73. The molecule has 0 unspecified atom stereocenters. The second-order valence-electron chi connectivity index (χ2n) is 11.8. The number of carbonyl (C=O) groups is 1. The summed E-state index contributed by atoms with van der Waals surface area (Å²) in [4.78, 5) is 38.5. The number of amides is 1. The molecule has 4 rings (SSSR count). The topological polar surface area (TPSA) is 115 Å². The monoisotopic (exact) mass is 661 g/mol. The molecule has 0 aliphatic rings. The van der Waals surface area contributed by atoms with Crippen molar-refractivity contribution in [3.63, 3.8) is 0 Å². The van der Waals surface area contributed by atoms with E-state index in [1.54, 1.807) is 0 Å². The van der Waals surface area contributed by atoms with Crippen molar-refractivity contribution < 1.29 is 38.2 Å². The molecule has 0 aliphatic heterocycles. The van der Waals surface area contributed by atoms with Gasteiger partial charge >= 0.3 is 7.60 Å². The van der Waals surface area contributed by atoms with Crippen LogP contribution < -0.4 is 0 Å². The zero-order valence-electron chi connectivity index (χ0n) is 26.8. The van der Waals surface area contributed by atoms with Gasteiger partial charge in [0.15, 0.2) is 0 Å². The third-order valence-corrected chi connectivity index (χ3v) is 8.65. The molecule has 9 nitrogen and oxygen atoms in total. The van der Waals surface area contributed by atoms with E-state index < -0.39 is 37.6 Å². The molecule has 47 heavy (non-hydrogen) atoms. The Labute approximate surface area is 277 Å². The van der Waals surface area contributed by atoms with Gasteiger partial charge in [-0.1, -0.05) is 121 Å². The van der Waals surface area contributed by atoms with E-state index in [4.69, 9.17) is 19.0 Å². The van der Waals surface area contributed by atoms with Crippen LogP contribution >= 0.6 is 7.60 Å². The third-order valence-electron chi connectivity index (χ3n) is 7.81. The van der Waals surface area contributed by atoms with Gasteiger partial charge < -0.3 is 24.0 Å². The second-order valence-corrected chi connectivity index (χ2v) is 13.6. The smallest absolute Gasteiger partial charge is 0.325 e. The molecule has 0 fully saturated rings. The van der Waals surface area contributed by atoms with E-state index in [9.17, 15) is 19.1 Å². The summed E-state index contributed by atoms with van der Waals surface area (Å²) in [5, 5.41) is 1.23. The van der Waals surface area contributed by atoms with Crippen LogP contribution in [0, 0.1) is 0 Å². The lowest BCUT2D eigenvalue weighted by molar-refractivity contribution is -0.257. The number of benzene rings is 4. The Morgan fingerprint density at radius 2 is 1.06 bits per heavy atom. The summed E-state index contributed by atoms with van der Waals surface area (Å²) in [5.74, 6) is 0. The minimum Gasteiger partial charge on any atom is -0.371 e. The van der Waals surface area contributed by atoms with Crippen molar-refractivity contribution in [2.45, 2.75) is 70.5 Å². The number of ether oxygens (including phenoxy) is 3. The van der Waals surface area contributed by atoms with Crippen molar-refractivity contribution in [1.82, 2.24) is 5.06 Å². The number of rotatable bonds is 20. The highest BCUT2D eigenvalue weighted by atomic mass is 31.2. The van der Waals surface area contributed by atoms with Crippen molar-refractivity contribution in [2.75, 3.05) is 6.16 Å². The highest BCUT2D eigenvalue weighted by molar-refractivity contribution is 7.51. The van der Waals surface area contributed by atoms with Gasteiger partial charge in [0.25, 0.3) is 0 Å². The molecule has 250 valence electrons. The maximum absolute atomic E-state index is 12.7. The van der Waals surface area contributed by atoms with Gasteiger partial charge in [0.2, 0.25) is 6.41 Å². The molecule has 2 N–H and O–H groups in total. The highest BCUT2D eigenvalue weighted by Gasteiger charge is 2.46. The molecule has 0 aromatic heterocycles. The van der Waals surface area contributed by atoms with E-state index in [0.29, 0.717) is 6.41 Å². The molecule has 10 heteroatoms. The molecule has 0 saturated heterocycles. The highest BCUT2D eigenvalue weighted by Crippen LogP contribution is 2.38. The molecule has 0 heterocycles. The molecule has 4 aromatic carbocycles. The summed E-state index contributed by atoms with van der Waals surface area (Å²) in [7, 11) is -4.40. The fourth-order valence-corrected chi connectivity index (χ4v) is 5.80. The van der Waals surface area contributed by atoms with E-state index in [0.717, 1.165) is 22.3 Å². The zero-order valence-corrected chi connectivity index (χ0v) is 27.7. The van der Waals surface area contributed by atoms with E-state index in [-0.39, 0.29) is 32.8 Å². The largest absolute Gasteiger partial charge is 0.371 e. The average Bonchev–Trinajstić information content (AvgIpc) is 3.08. The van der Waals surface area contributed by atoms with E-state index in [2.05, 4.69) is 0 Å². The predicted octanol–water partition coefficient (Wildman–Crippen LogP) is 6.68. The molecule has 0 radical (unpaired) electrons. The van der Waals surface area contributed by atoms with Gasteiger partial charge in [-0.25, -0.2) is 5.06 Å². The van der Waals surface area contributed by atoms with Crippen LogP contribution in [-0.4, -0.2) is 51.3 Å². The molecule has 0 aliphatic carbocycles.